The van der Waals surface area contributed by atoms with Crippen LogP contribution in [0, 0.1) is 0 Å². The van der Waals surface area contributed by atoms with Crippen LogP contribution in [0.25, 0.3) is 0 Å². The average Bonchev–Trinajstić information content (AvgIpc) is 3.10. The van der Waals surface area contributed by atoms with Crippen molar-refractivity contribution in [3.63, 3.8) is 0 Å². The van der Waals surface area contributed by atoms with Crippen LogP contribution >= 0.6 is 0 Å². The van der Waals surface area contributed by atoms with Crippen LogP contribution < -0.4 is 14.2 Å². The van der Waals surface area contributed by atoms with E-state index in [1.165, 1.54) is 0 Å². The van der Waals surface area contributed by atoms with Crippen molar-refractivity contribution >= 4 is 28.2 Å². The summed E-state index contributed by atoms with van der Waals surface area (Å²) in [7, 11) is -3.96. The molecule has 0 bridgehead atoms. The molecule has 3 aromatic carbocycles. The highest BCUT2D eigenvalue weighted by atomic mass is 28.4. The first kappa shape index (κ1) is 28.2. The zero-order chi connectivity index (χ0) is 28.1. The molecule has 38 heavy (non-hydrogen) atoms. The van der Waals surface area contributed by atoms with E-state index in [1.54, 1.807) is 0 Å². The highest BCUT2D eigenvalue weighted by Gasteiger charge is 2.50. The standard InChI is InChI=1S/C32H43NO3Si2/c1-30(2,3)37(7,8)35-25-19-15-23(16-20-25)32(27-13-11-12-14-28(27)33-29(32)34)24-17-21-26(22-18-24)36-38(9,10)31(4,5)6/h11-22H,1-10H3,(H,33,34). The molecule has 0 spiro atoms. The second kappa shape index (κ2) is 9.42. The Hall–Kier alpha value is -2.84. The number of fused-ring (bicyclic) bond motifs is 1. The Morgan fingerprint density at radius 3 is 1.42 bits per heavy atom. The normalized spacial score (nSPS) is 15.6. The van der Waals surface area contributed by atoms with Gasteiger partial charge in [-0.1, -0.05) is 84.0 Å². The fourth-order valence-corrected chi connectivity index (χ4v) is 6.50. The maximum absolute atomic E-state index is 13.9. The van der Waals surface area contributed by atoms with E-state index in [1.807, 2.05) is 72.8 Å². The Morgan fingerprint density at radius 1 is 0.632 bits per heavy atom. The van der Waals surface area contributed by atoms with Crippen LogP contribution in [0.5, 0.6) is 11.5 Å². The molecular formula is C32H43NO3Si2. The molecule has 1 aliphatic rings. The molecule has 202 valence electrons. The summed E-state index contributed by atoms with van der Waals surface area (Å²) in [6.07, 6.45) is 0. The molecule has 1 amide bonds. The first-order chi connectivity index (χ1) is 17.5. The Morgan fingerprint density at radius 2 is 1.03 bits per heavy atom. The van der Waals surface area contributed by atoms with Gasteiger partial charge in [0.25, 0.3) is 0 Å². The summed E-state index contributed by atoms with van der Waals surface area (Å²) < 4.78 is 13.1. The largest absolute Gasteiger partial charge is 0.544 e. The Balaban J connectivity index is 1.78. The maximum Gasteiger partial charge on any atom is 0.250 e. The number of hydrogen-bond donors (Lipinski definition) is 1. The number of nitrogens with one attached hydrogen (secondary N) is 1. The van der Waals surface area contributed by atoms with Gasteiger partial charge >= 0.3 is 0 Å². The summed E-state index contributed by atoms with van der Waals surface area (Å²) in [4.78, 5) is 13.9. The van der Waals surface area contributed by atoms with Gasteiger partial charge in [0, 0.05) is 11.3 Å². The summed E-state index contributed by atoms with van der Waals surface area (Å²) in [5.74, 6) is 1.65. The van der Waals surface area contributed by atoms with Gasteiger partial charge < -0.3 is 14.2 Å². The number of carbonyl (C=O) groups is 1. The molecule has 3 aromatic rings. The van der Waals surface area contributed by atoms with E-state index in [9.17, 15) is 4.79 Å². The van der Waals surface area contributed by atoms with Crippen LogP contribution in [-0.2, 0) is 10.2 Å². The van der Waals surface area contributed by atoms with Gasteiger partial charge in [-0.05, 0) is 77.7 Å². The topological polar surface area (TPSA) is 47.6 Å². The summed E-state index contributed by atoms with van der Waals surface area (Å²) in [6.45, 7) is 22.4. The van der Waals surface area contributed by atoms with Crippen molar-refractivity contribution in [3.8, 4) is 11.5 Å². The summed E-state index contributed by atoms with van der Waals surface area (Å²) in [5, 5.41) is 3.35. The first-order valence-electron chi connectivity index (χ1n) is 13.5. The monoisotopic (exact) mass is 545 g/mol. The van der Waals surface area contributed by atoms with E-state index < -0.39 is 22.0 Å². The first-order valence-corrected chi connectivity index (χ1v) is 19.3. The molecule has 0 saturated carbocycles. The third kappa shape index (κ3) is 4.84. The van der Waals surface area contributed by atoms with Gasteiger partial charge in [-0.2, -0.15) is 0 Å². The molecule has 1 heterocycles. The molecule has 0 radical (unpaired) electrons. The van der Waals surface area contributed by atoms with Crippen molar-refractivity contribution in [1.29, 1.82) is 0 Å². The Bertz CT molecular complexity index is 1240. The fourth-order valence-electron chi connectivity index (χ4n) is 4.44. The van der Waals surface area contributed by atoms with Gasteiger partial charge in [0.1, 0.15) is 16.9 Å². The zero-order valence-corrected chi connectivity index (χ0v) is 26.7. The number of hydrogen-bond acceptors (Lipinski definition) is 3. The van der Waals surface area contributed by atoms with E-state index in [0.717, 1.165) is 33.9 Å². The lowest BCUT2D eigenvalue weighted by Crippen LogP contribution is -2.44. The zero-order valence-electron chi connectivity index (χ0n) is 24.7. The second-order valence-corrected chi connectivity index (χ2v) is 23.0. The van der Waals surface area contributed by atoms with Gasteiger partial charge in [-0.25, -0.2) is 0 Å². The number of carbonyl (C=O) groups excluding carboxylic acids is 1. The average molecular weight is 546 g/mol. The maximum atomic E-state index is 13.9. The highest BCUT2D eigenvalue weighted by Crippen LogP contribution is 2.48. The molecule has 1 N–H and O–H groups in total. The van der Waals surface area contributed by atoms with Gasteiger partial charge in [0.05, 0.1) is 0 Å². The fraction of sp³-hybridized carbons (Fsp3) is 0.406. The molecule has 0 unspecified atom stereocenters. The van der Waals surface area contributed by atoms with Gasteiger partial charge in [0.15, 0.2) is 0 Å². The predicted octanol–water partition coefficient (Wildman–Crippen LogP) is 8.74. The lowest BCUT2D eigenvalue weighted by atomic mass is 9.70. The number of amides is 1. The van der Waals surface area contributed by atoms with Crippen molar-refractivity contribution in [2.45, 2.75) is 83.2 Å². The van der Waals surface area contributed by atoms with Crippen molar-refractivity contribution in [1.82, 2.24) is 0 Å². The summed E-state index contributed by atoms with van der Waals surface area (Å²) in [6, 6.07) is 24.2. The van der Waals surface area contributed by atoms with Crippen molar-refractivity contribution in [2.24, 2.45) is 0 Å². The third-order valence-corrected chi connectivity index (χ3v) is 17.6. The minimum Gasteiger partial charge on any atom is -0.544 e. The van der Waals surface area contributed by atoms with E-state index >= 15 is 0 Å². The summed E-state index contributed by atoms with van der Waals surface area (Å²) in [5.41, 5.74) is 2.68. The third-order valence-electron chi connectivity index (χ3n) is 8.85. The van der Waals surface area contributed by atoms with E-state index in [-0.39, 0.29) is 16.0 Å². The number of para-hydroxylation sites is 1. The Labute approximate surface area is 231 Å². The van der Waals surface area contributed by atoms with Crippen LogP contribution in [0.3, 0.4) is 0 Å². The molecule has 0 fully saturated rings. The van der Waals surface area contributed by atoms with Gasteiger partial charge in [0.2, 0.25) is 22.5 Å². The van der Waals surface area contributed by atoms with Gasteiger partial charge in [-0.3, -0.25) is 4.79 Å². The smallest absolute Gasteiger partial charge is 0.250 e. The van der Waals surface area contributed by atoms with Crippen LogP contribution in [0.1, 0.15) is 58.2 Å². The number of anilines is 1. The van der Waals surface area contributed by atoms with Crippen molar-refractivity contribution in [3.05, 3.63) is 89.5 Å². The SMILES string of the molecule is CC(C)(C)[Si](C)(C)Oc1ccc(C2(c3ccc(O[Si](C)(C)C(C)(C)C)cc3)C(=O)Nc3ccccc32)cc1. The molecule has 4 nitrogen and oxygen atoms in total. The highest BCUT2D eigenvalue weighted by molar-refractivity contribution is 6.75. The molecule has 4 rings (SSSR count). The molecular weight excluding hydrogens is 503 g/mol. The van der Waals surface area contributed by atoms with Crippen LogP contribution in [0.4, 0.5) is 5.69 Å². The minimum atomic E-state index is -1.98. The summed E-state index contributed by atoms with van der Waals surface area (Å²) >= 11 is 0. The number of benzene rings is 3. The molecule has 1 aliphatic heterocycles. The predicted molar refractivity (Wildman–Crippen MR) is 163 cm³/mol. The second-order valence-electron chi connectivity index (χ2n) is 13.5. The Kier molecular flexibility index (Phi) is 6.98. The van der Waals surface area contributed by atoms with E-state index in [2.05, 4.69) is 73.0 Å². The molecule has 0 atom stereocenters. The number of rotatable bonds is 6. The quantitative estimate of drug-likeness (QED) is 0.315. The van der Waals surface area contributed by atoms with E-state index in [4.69, 9.17) is 8.85 Å². The molecule has 0 aromatic heterocycles. The van der Waals surface area contributed by atoms with Crippen molar-refractivity contribution < 1.29 is 13.6 Å². The van der Waals surface area contributed by atoms with E-state index in [0.29, 0.717) is 0 Å². The lowest BCUT2D eigenvalue weighted by molar-refractivity contribution is -0.118. The van der Waals surface area contributed by atoms with Crippen LogP contribution in [0.15, 0.2) is 72.8 Å². The van der Waals surface area contributed by atoms with Crippen LogP contribution in [0.2, 0.25) is 36.3 Å². The molecule has 0 aliphatic carbocycles. The molecule has 6 heteroatoms. The van der Waals surface area contributed by atoms with Crippen LogP contribution in [-0.4, -0.2) is 22.5 Å². The molecule has 0 saturated heterocycles. The minimum absolute atomic E-state index is 0.0465. The van der Waals surface area contributed by atoms with Crippen molar-refractivity contribution in [2.75, 3.05) is 5.32 Å². The lowest BCUT2D eigenvalue weighted by Gasteiger charge is -2.37. The van der Waals surface area contributed by atoms with Gasteiger partial charge in [-0.15, -0.1) is 0 Å².